The third-order valence-electron chi connectivity index (χ3n) is 2.67. The maximum Gasteiger partial charge on any atom is 0.326 e. The van der Waals surface area contributed by atoms with Gasteiger partial charge in [-0.25, -0.2) is 9.48 Å². The summed E-state index contributed by atoms with van der Waals surface area (Å²) in [6, 6.07) is 2.65. The number of hydrogen-bond acceptors (Lipinski definition) is 6. The second-order valence-electron chi connectivity index (χ2n) is 4.24. The first kappa shape index (κ1) is 13.8. The smallest absolute Gasteiger partial charge is 0.326 e. The SMILES string of the molecule is CCCC(Nc1cc(-n2cccn2)nc(N)n1)C(=O)O. The Kier molecular flexibility index (Phi) is 4.14. The lowest BCUT2D eigenvalue weighted by Gasteiger charge is -2.14. The molecule has 0 saturated heterocycles. The van der Waals surface area contributed by atoms with Crippen LogP contribution in [-0.2, 0) is 4.79 Å². The minimum absolute atomic E-state index is 0.0566. The van der Waals surface area contributed by atoms with E-state index in [-0.39, 0.29) is 5.95 Å². The Morgan fingerprint density at radius 2 is 2.35 bits per heavy atom. The average Bonchev–Trinajstić information content (AvgIpc) is 2.91. The van der Waals surface area contributed by atoms with Gasteiger partial charge < -0.3 is 16.2 Å². The minimum Gasteiger partial charge on any atom is -0.480 e. The van der Waals surface area contributed by atoms with Crippen molar-refractivity contribution in [3.8, 4) is 5.82 Å². The van der Waals surface area contributed by atoms with E-state index in [0.717, 1.165) is 6.42 Å². The Labute approximate surface area is 115 Å². The lowest BCUT2D eigenvalue weighted by atomic mass is 10.2. The van der Waals surface area contributed by atoms with E-state index >= 15 is 0 Å². The summed E-state index contributed by atoms with van der Waals surface area (Å²) in [7, 11) is 0. The van der Waals surface area contributed by atoms with Crippen molar-refractivity contribution < 1.29 is 9.90 Å². The van der Waals surface area contributed by atoms with E-state index in [9.17, 15) is 4.79 Å². The van der Waals surface area contributed by atoms with Crippen LogP contribution in [0.2, 0.25) is 0 Å². The van der Waals surface area contributed by atoms with Crippen LogP contribution in [-0.4, -0.2) is 36.9 Å². The molecule has 8 nitrogen and oxygen atoms in total. The first-order valence-electron chi connectivity index (χ1n) is 6.24. The molecule has 0 amide bonds. The summed E-state index contributed by atoms with van der Waals surface area (Å²) in [5.74, 6) is -0.0275. The second-order valence-corrected chi connectivity index (χ2v) is 4.24. The summed E-state index contributed by atoms with van der Waals surface area (Å²) in [6.07, 6.45) is 4.57. The van der Waals surface area contributed by atoms with Gasteiger partial charge in [-0.1, -0.05) is 13.3 Å². The van der Waals surface area contributed by atoms with Gasteiger partial charge in [0.25, 0.3) is 0 Å². The van der Waals surface area contributed by atoms with Crippen LogP contribution >= 0.6 is 0 Å². The number of nitrogen functional groups attached to an aromatic ring is 1. The molecule has 0 radical (unpaired) electrons. The average molecular weight is 276 g/mol. The van der Waals surface area contributed by atoms with Gasteiger partial charge in [-0.2, -0.15) is 15.1 Å². The highest BCUT2D eigenvalue weighted by molar-refractivity contribution is 5.77. The van der Waals surface area contributed by atoms with Crippen molar-refractivity contribution in [3.05, 3.63) is 24.5 Å². The predicted octanol–water partition coefficient (Wildman–Crippen LogP) is 0.910. The number of aromatic nitrogens is 4. The summed E-state index contributed by atoms with van der Waals surface area (Å²) < 4.78 is 1.53. The number of nitrogens with two attached hydrogens (primary N) is 1. The van der Waals surface area contributed by atoms with Crippen molar-refractivity contribution in [1.29, 1.82) is 0 Å². The van der Waals surface area contributed by atoms with Crippen molar-refractivity contribution in [2.45, 2.75) is 25.8 Å². The molecule has 106 valence electrons. The standard InChI is InChI=1S/C12H16N6O2/c1-2-4-8(11(19)20)15-9-7-10(17-12(13)16-9)18-6-3-5-14-18/h3,5-8H,2,4H2,1H3,(H,19,20)(H3,13,15,16,17). The first-order chi connectivity index (χ1) is 9.60. The second kappa shape index (κ2) is 6.00. The molecule has 0 aromatic carbocycles. The Bertz CT molecular complexity index is 584. The fourth-order valence-electron chi connectivity index (χ4n) is 1.77. The van der Waals surface area contributed by atoms with E-state index in [1.807, 2.05) is 6.92 Å². The number of carboxylic acids is 1. The van der Waals surface area contributed by atoms with Crippen LogP contribution in [0.25, 0.3) is 5.82 Å². The molecule has 0 spiro atoms. The number of carboxylic acid groups (broad SMARTS) is 1. The molecule has 0 aliphatic heterocycles. The summed E-state index contributed by atoms with van der Waals surface area (Å²) in [6.45, 7) is 1.92. The van der Waals surface area contributed by atoms with Gasteiger partial charge in [0.1, 0.15) is 11.9 Å². The van der Waals surface area contributed by atoms with Gasteiger partial charge >= 0.3 is 5.97 Å². The Morgan fingerprint density at radius 3 is 2.95 bits per heavy atom. The van der Waals surface area contributed by atoms with Gasteiger partial charge in [-0.3, -0.25) is 0 Å². The molecule has 0 fully saturated rings. The van der Waals surface area contributed by atoms with Crippen LogP contribution < -0.4 is 11.1 Å². The van der Waals surface area contributed by atoms with Crippen LogP contribution in [0.1, 0.15) is 19.8 Å². The highest BCUT2D eigenvalue weighted by atomic mass is 16.4. The zero-order valence-electron chi connectivity index (χ0n) is 11.0. The fourth-order valence-corrected chi connectivity index (χ4v) is 1.77. The molecule has 0 aliphatic rings. The van der Waals surface area contributed by atoms with E-state index < -0.39 is 12.0 Å². The van der Waals surface area contributed by atoms with Crippen molar-refractivity contribution in [2.24, 2.45) is 0 Å². The summed E-state index contributed by atoms with van der Waals surface area (Å²) in [5, 5.41) is 16.0. The number of nitrogens with one attached hydrogen (secondary N) is 1. The molecule has 0 saturated carbocycles. The topological polar surface area (TPSA) is 119 Å². The number of hydrogen-bond donors (Lipinski definition) is 3. The van der Waals surface area contributed by atoms with Gasteiger partial charge in [-0.15, -0.1) is 0 Å². The van der Waals surface area contributed by atoms with Gasteiger partial charge in [-0.05, 0) is 12.5 Å². The monoisotopic (exact) mass is 276 g/mol. The lowest BCUT2D eigenvalue weighted by Crippen LogP contribution is -2.29. The zero-order valence-corrected chi connectivity index (χ0v) is 11.0. The molecule has 2 aromatic heterocycles. The molecule has 8 heteroatoms. The van der Waals surface area contributed by atoms with Crippen LogP contribution in [0.15, 0.2) is 24.5 Å². The molecule has 4 N–H and O–H groups in total. The number of nitrogens with zero attached hydrogens (tertiary/aromatic N) is 4. The summed E-state index contributed by atoms with van der Waals surface area (Å²) in [4.78, 5) is 19.2. The number of carbonyl (C=O) groups is 1. The van der Waals surface area contributed by atoms with E-state index in [1.54, 1.807) is 24.5 Å². The van der Waals surface area contributed by atoms with E-state index in [0.29, 0.717) is 18.1 Å². The Morgan fingerprint density at radius 1 is 1.55 bits per heavy atom. The molecule has 20 heavy (non-hydrogen) atoms. The first-order valence-corrected chi connectivity index (χ1v) is 6.24. The maximum absolute atomic E-state index is 11.1. The largest absolute Gasteiger partial charge is 0.480 e. The van der Waals surface area contributed by atoms with Crippen LogP contribution in [0.3, 0.4) is 0 Å². The molecule has 2 aromatic rings. The normalized spacial score (nSPS) is 12.1. The van der Waals surface area contributed by atoms with Crippen molar-refractivity contribution in [2.75, 3.05) is 11.1 Å². The van der Waals surface area contributed by atoms with Crippen molar-refractivity contribution >= 4 is 17.7 Å². The van der Waals surface area contributed by atoms with Gasteiger partial charge in [0.05, 0.1) is 0 Å². The quantitative estimate of drug-likeness (QED) is 0.717. The van der Waals surface area contributed by atoms with Crippen molar-refractivity contribution in [3.63, 3.8) is 0 Å². The van der Waals surface area contributed by atoms with Gasteiger partial charge in [0.15, 0.2) is 5.82 Å². The van der Waals surface area contributed by atoms with Crippen LogP contribution in [0.5, 0.6) is 0 Å². The summed E-state index contributed by atoms with van der Waals surface area (Å²) in [5.41, 5.74) is 5.64. The maximum atomic E-state index is 11.1. The number of rotatable bonds is 6. The molecule has 1 atom stereocenters. The lowest BCUT2D eigenvalue weighted by molar-refractivity contribution is -0.138. The Balaban J connectivity index is 2.26. The highest BCUT2D eigenvalue weighted by Gasteiger charge is 2.17. The highest BCUT2D eigenvalue weighted by Crippen LogP contribution is 2.14. The third kappa shape index (κ3) is 3.22. The molecule has 0 aliphatic carbocycles. The van der Waals surface area contributed by atoms with Gasteiger partial charge in [0.2, 0.25) is 5.95 Å². The Hall–Kier alpha value is -2.64. The third-order valence-corrected chi connectivity index (χ3v) is 2.67. The number of anilines is 2. The van der Waals surface area contributed by atoms with Crippen LogP contribution in [0, 0.1) is 0 Å². The van der Waals surface area contributed by atoms with Crippen molar-refractivity contribution in [1.82, 2.24) is 19.7 Å². The molecular formula is C12H16N6O2. The van der Waals surface area contributed by atoms with Crippen LogP contribution in [0.4, 0.5) is 11.8 Å². The van der Waals surface area contributed by atoms with E-state index in [2.05, 4.69) is 20.4 Å². The minimum atomic E-state index is -0.926. The summed E-state index contributed by atoms with van der Waals surface area (Å²) >= 11 is 0. The van der Waals surface area contributed by atoms with E-state index in [4.69, 9.17) is 10.8 Å². The fraction of sp³-hybridized carbons (Fsp3) is 0.333. The molecule has 2 heterocycles. The predicted molar refractivity (Wildman–Crippen MR) is 73.5 cm³/mol. The molecule has 1 unspecified atom stereocenters. The number of aliphatic carboxylic acids is 1. The zero-order chi connectivity index (χ0) is 14.5. The van der Waals surface area contributed by atoms with E-state index in [1.165, 1.54) is 4.68 Å². The molecule has 0 bridgehead atoms. The van der Waals surface area contributed by atoms with Gasteiger partial charge in [0, 0.05) is 18.5 Å². The molecular weight excluding hydrogens is 260 g/mol. The molecule has 2 rings (SSSR count).